The molecule has 1 amide bonds. The Bertz CT molecular complexity index is 738. The van der Waals surface area contributed by atoms with Gasteiger partial charge in [-0.15, -0.1) is 0 Å². The fourth-order valence-electron chi connectivity index (χ4n) is 1.93. The number of hydrogen-bond donors (Lipinski definition) is 2. The molecule has 1 aromatic carbocycles. The van der Waals surface area contributed by atoms with E-state index < -0.39 is 33.3 Å². The number of benzene rings is 1. The van der Waals surface area contributed by atoms with Gasteiger partial charge in [-0.25, -0.2) is 12.8 Å². The quantitative estimate of drug-likeness (QED) is 0.616. The largest absolute Gasteiger partial charge is 0.346 e. The lowest BCUT2D eigenvalue weighted by Gasteiger charge is -2.09. The smallest absolute Gasteiger partial charge is 0.282 e. The van der Waals surface area contributed by atoms with Gasteiger partial charge in [-0.2, -0.15) is 10.4 Å². The first-order chi connectivity index (χ1) is 10.4. The summed E-state index contributed by atoms with van der Waals surface area (Å²) in [6.07, 6.45) is 0.318. The minimum absolute atomic E-state index is 0.0187. The zero-order valence-electron chi connectivity index (χ0n) is 11.4. The number of carbonyl (C=O) groups excluding carboxylic acids is 1. The lowest BCUT2D eigenvalue weighted by molar-refractivity contribution is -0.115. The van der Waals surface area contributed by atoms with Crippen LogP contribution in [0.5, 0.6) is 0 Å². The van der Waals surface area contributed by atoms with Crippen LogP contribution in [0.3, 0.4) is 0 Å². The highest BCUT2D eigenvalue weighted by atomic mass is 32.2. The van der Waals surface area contributed by atoms with Crippen molar-refractivity contribution >= 4 is 27.1 Å². The molecule has 0 radical (unpaired) electrons. The molecule has 7 nitrogen and oxygen atoms in total. The van der Waals surface area contributed by atoms with E-state index in [0.29, 0.717) is 12.1 Å². The number of sulfone groups is 1. The van der Waals surface area contributed by atoms with Gasteiger partial charge in [0, 0.05) is 6.04 Å². The number of nitrogens with one attached hydrogen (secondary N) is 2. The van der Waals surface area contributed by atoms with E-state index in [4.69, 9.17) is 5.26 Å². The van der Waals surface area contributed by atoms with E-state index in [1.165, 1.54) is 24.3 Å². The summed E-state index contributed by atoms with van der Waals surface area (Å²) >= 11 is 0. The Morgan fingerprint density at radius 3 is 2.59 bits per heavy atom. The zero-order chi connectivity index (χ0) is 16.2. The van der Waals surface area contributed by atoms with Gasteiger partial charge in [0.2, 0.25) is 5.71 Å². The summed E-state index contributed by atoms with van der Waals surface area (Å²) in [5.41, 5.74) is 2.44. The summed E-state index contributed by atoms with van der Waals surface area (Å²) in [6, 6.07) is 6.32. The molecule has 0 aromatic heterocycles. The molecule has 1 fully saturated rings. The molecule has 1 saturated heterocycles. The molecule has 2 rings (SSSR count). The summed E-state index contributed by atoms with van der Waals surface area (Å²) in [5, 5.41) is 15.0. The highest BCUT2D eigenvalue weighted by Gasteiger charge is 2.29. The van der Waals surface area contributed by atoms with Gasteiger partial charge in [-0.1, -0.05) is 0 Å². The van der Waals surface area contributed by atoms with Crippen molar-refractivity contribution in [2.75, 3.05) is 16.9 Å². The molecule has 1 aromatic rings. The van der Waals surface area contributed by atoms with Gasteiger partial charge in [0.05, 0.1) is 17.2 Å². The molecule has 0 unspecified atom stereocenters. The molecule has 22 heavy (non-hydrogen) atoms. The molecule has 0 saturated carbocycles. The van der Waals surface area contributed by atoms with Crippen molar-refractivity contribution < 1.29 is 17.6 Å². The molecule has 0 spiro atoms. The van der Waals surface area contributed by atoms with Crippen LogP contribution in [0.1, 0.15) is 6.42 Å². The number of halogens is 1. The van der Waals surface area contributed by atoms with E-state index in [9.17, 15) is 17.6 Å². The third-order valence-corrected chi connectivity index (χ3v) is 4.80. The van der Waals surface area contributed by atoms with Crippen molar-refractivity contribution in [3.05, 3.63) is 30.1 Å². The van der Waals surface area contributed by atoms with E-state index >= 15 is 0 Å². The number of amides is 1. The SMILES string of the molecule is N#C/C(=N\Nc1ccc(F)cc1)C(=O)N[C@@H]1CCS(=O)(=O)C1. The van der Waals surface area contributed by atoms with Crippen LogP contribution in [0.2, 0.25) is 0 Å². The molecule has 9 heteroatoms. The van der Waals surface area contributed by atoms with Crippen molar-refractivity contribution in [2.45, 2.75) is 12.5 Å². The summed E-state index contributed by atoms with van der Waals surface area (Å²) in [4.78, 5) is 11.9. The molecule has 1 aliphatic heterocycles. The maximum Gasteiger partial charge on any atom is 0.282 e. The summed E-state index contributed by atoms with van der Waals surface area (Å²) < 4.78 is 35.4. The molecule has 0 bridgehead atoms. The third kappa shape index (κ3) is 4.26. The first-order valence-electron chi connectivity index (χ1n) is 6.40. The van der Waals surface area contributed by atoms with E-state index in [1.54, 1.807) is 6.07 Å². The molecular weight excluding hydrogens is 311 g/mol. The first-order valence-corrected chi connectivity index (χ1v) is 8.22. The van der Waals surface area contributed by atoms with Crippen molar-refractivity contribution in [1.29, 1.82) is 5.26 Å². The molecule has 1 aliphatic rings. The van der Waals surface area contributed by atoms with Crippen LogP contribution >= 0.6 is 0 Å². The lowest BCUT2D eigenvalue weighted by Crippen LogP contribution is -2.39. The maximum atomic E-state index is 12.7. The second-order valence-corrected chi connectivity index (χ2v) is 6.99. The number of rotatable bonds is 4. The zero-order valence-corrected chi connectivity index (χ0v) is 12.2. The van der Waals surface area contributed by atoms with Crippen LogP contribution in [0.15, 0.2) is 29.4 Å². The van der Waals surface area contributed by atoms with Crippen molar-refractivity contribution in [3.8, 4) is 6.07 Å². The number of nitriles is 1. The monoisotopic (exact) mass is 324 g/mol. The topological polar surface area (TPSA) is 111 Å². The third-order valence-electron chi connectivity index (χ3n) is 3.03. The molecule has 116 valence electrons. The maximum absolute atomic E-state index is 12.7. The van der Waals surface area contributed by atoms with Crippen LogP contribution in [-0.4, -0.2) is 37.6 Å². The fourth-order valence-corrected chi connectivity index (χ4v) is 3.61. The Hall–Kier alpha value is -2.47. The number of hydrogen-bond acceptors (Lipinski definition) is 6. The van der Waals surface area contributed by atoms with Crippen LogP contribution < -0.4 is 10.7 Å². The average Bonchev–Trinajstić information content (AvgIpc) is 2.80. The second-order valence-electron chi connectivity index (χ2n) is 4.76. The fraction of sp³-hybridized carbons (Fsp3) is 0.308. The molecule has 0 aliphatic carbocycles. The van der Waals surface area contributed by atoms with Gasteiger partial charge in [0.25, 0.3) is 5.91 Å². The summed E-state index contributed by atoms with van der Waals surface area (Å²) in [7, 11) is -3.12. The predicted octanol–water partition coefficient (Wildman–Crippen LogP) is 0.420. The van der Waals surface area contributed by atoms with Gasteiger partial charge in [-0.05, 0) is 30.7 Å². The van der Waals surface area contributed by atoms with Crippen molar-refractivity contribution in [3.63, 3.8) is 0 Å². The van der Waals surface area contributed by atoms with E-state index in [2.05, 4.69) is 15.8 Å². The van der Waals surface area contributed by atoms with Gasteiger partial charge in [0.15, 0.2) is 9.84 Å². The second kappa shape index (κ2) is 6.53. The lowest BCUT2D eigenvalue weighted by atomic mass is 10.2. The van der Waals surface area contributed by atoms with Crippen LogP contribution in [0.4, 0.5) is 10.1 Å². The Labute approximate surface area is 126 Å². The van der Waals surface area contributed by atoms with E-state index in [-0.39, 0.29) is 11.5 Å². The molecule has 1 atom stereocenters. The van der Waals surface area contributed by atoms with Crippen LogP contribution in [0, 0.1) is 17.1 Å². The average molecular weight is 324 g/mol. The molecule has 2 N–H and O–H groups in total. The van der Waals surface area contributed by atoms with Crippen LogP contribution in [0.25, 0.3) is 0 Å². The standard InChI is InChI=1S/C13H13FN4O3S/c14-9-1-3-10(4-2-9)17-18-12(7-15)13(19)16-11-5-6-22(20,21)8-11/h1-4,11,17H,5-6,8H2,(H,16,19)/b18-12+/t11-/m1/s1. The van der Waals surface area contributed by atoms with Crippen molar-refractivity contribution in [2.24, 2.45) is 5.10 Å². The Balaban J connectivity index is 1.98. The highest BCUT2D eigenvalue weighted by molar-refractivity contribution is 7.91. The highest BCUT2D eigenvalue weighted by Crippen LogP contribution is 2.11. The van der Waals surface area contributed by atoms with Crippen molar-refractivity contribution in [1.82, 2.24) is 5.32 Å². The summed E-state index contributed by atoms with van der Waals surface area (Å²) in [6.45, 7) is 0. The Morgan fingerprint density at radius 1 is 1.36 bits per heavy atom. The van der Waals surface area contributed by atoms with Gasteiger partial charge in [-0.3, -0.25) is 10.2 Å². The molecule has 1 heterocycles. The Kier molecular flexibility index (Phi) is 4.72. The molecular formula is C13H13FN4O3S. The van der Waals surface area contributed by atoms with Crippen LogP contribution in [-0.2, 0) is 14.6 Å². The number of nitrogens with zero attached hydrogens (tertiary/aromatic N) is 2. The van der Waals surface area contributed by atoms with Gasteiger partial charge < -0.3 is 5.32 Å². The predicted molar refractivity (Wildman–Crippen MR) is 78.3 cm³/mol. The van der Waals surface area contributed by atoms with E-state index in [1.807, 2.05) is 0 Å². The number of anilines is 1. The normalized spacial score (nSPS) is 20.2. The first kappa shape index (κ1) is 15.9. The van der Waals surface area contributed by atoms with Gasteiger partial charge >= 0.3 is 0 Å². The Morgan fingerprint density at radius 2 is 2.05 bits per heavy atom. The van der Waals surface area contributed by atoms with Gasteiger partial charge in [0.1, 0.15) is 11.9 Å². The number of carbonyl (C=O) groups is 1. The minimum Gasteiger partial charge on any atom is -0.346 e. The number of hydrazone groups is 1. The summed E-state index contributed by atoms with van der Waals surface area (Å²) in [5.74, 6) is -1.29. The minimum atomic E-state index is -3.12. The van der Waals surface area contributed by atoms with E-state index in [0.717, 1.165) is 0 Å².